The van der Waals surface area contributed by atoms with E-state index < -0.39 is 0 Å². The lowest BCUT2D eigenvalue weighted by molar-refractivity contribution is -0.00693. The minimum Gasteiger partial charge on any atom is -0.362 e. The van der Waals surface area contributed by atoms with Crippen LogP contribution in [0.3, 0.4) is 0 Å². The molecule has 0 atom stereocenters. The van der Waals surface area contributed by atoms with Crippen LogP contribution in [0.2, 0.25) is 5.02 Å². The number of nitrogens with one attached hydrogen (secondary N) is 2. The largest absolute Gasteiger partial charge is 0.362 e. The van der Waals surface area contributed by atoms with E-state index >= 15 is 0 Å². The average Bonchev–Trinajstić information content (AvgIpc) is 2.52. The summed E-state index contributed by atoms with van der Waals surface area (Å²) in [6.07, 6.45) is 8.19. The highest BCUT2D eigenvalue weighted by atomic mass is 35.5. The van der Waals surface area contributed by atoms with Crippen molar-refractivity contribution in [3.8, 4) is 0 Å². The first-order valence-electron chi connectivity index (χ1n) is 8.96. The van der Waals surface area contributed by atoms with Gasteiger partial charge in [-0.1, -0.05) is 23.7 Å². The lowest BCUT2D eigenvalue weighted by atomic mass is 9.54. The molecule has 124 valence electrons. The highest BCUT2D eigenvalue weighted by molar-refractivity contribution is 7.80. The Labute approximate surface area is 149 Å². The molecule has 0 spiro atoms. The third kappa shape index (κ3) is 3.51. The van der Waals surface area contributed by atoms with E-state index in [2.05, 4.69) is 22.8 Å². The molecule has 1 aromatic rings. The monoisotopic (exact) mass is 348 g/mol. The average molecular weight is 349 g/mol. The first-order valence-corrected chi connectivity index (χ1v) is 9.75. The van der Waals surface area contributed by atoms with Crippen LogP contribution >= 0.6 is 23.8 Å². The highest BCUT2D eigenvalue weighted by Gasteiger charge is 2.48. The summed E-state index contributed by atoms with van der Waals surface area (Å²) < 4.78 is 0. The molecular formula is C19H25ClN2S. The second-order valence-corrected chi connectivity index (χ2v) is 8.58. The second-order valence-electron chi connectivity index (χ2n) is 7.73. The SMILES string of the molecule is S=C(NCCc1ccc(Cl)cc1)NC1C2CC3CC(C2)CC1C3. The van der Waals surface area contributed by atoms with Crippen molar-refractivity contribution in [1.29, 1.82) is 0 Å². The van der Waals surface area contributed by atoms with Crippen molar-refractivity contribution >= 4 is 28.9 Å². The molecule has 4 aliphatic rings. The van der Waals surface area contributed by atoms with Crippen LogP contribution in [-0.2, 0) is 6.42 Å². The molecule has 0 aliphatic heterocycles. The number of hydrogen-bond acceptors (Lipinski definition) is 1. The molecule has 5 rings (SSSR count). The van der Waals surface area contributed by atoms with Gasteiger partial charge in [0.05, 0.1) is 0 Å². The maximum atomic E-state index is 5.92. The predicted molar refractivity (Wildman–Crippen MR) is 99.7 cm³/mol. The van der Waals surface area contributed by atoms with E-state index in [1.165, 1.54) is 37.7 Å². The number of hydrogen-bond donors (Lipinski definition) is 2. The van der Waals surface area contributed by atoms with Crippen LogP contribution in [0.4, 0.5) is 0 Å². The molecule has 4 bridgehead atoms. The van der Waals surface area contributed by atoms with E-state index in [1.807, 2.05) is 12.1 Å². The second kappa shape index (κ2) is 6.60. The first-order chi connectivity index (χ1) is 11.2. The van der Waals surface area contributed by atoms with Crippen molar-refractivity contribution in [3.05, 3.63) is 34.9 Å². The maximum Gasteiger partial charge on any atom is 0.166 e. The Morgan fingerprint density at radius 3 is 2.22 bits per heavy atom. The standard InChI is InChI=1S/C19H25ClN2S/c20-17-3-1-12(2-4-17)5-6-21-19(23)22-18-15-8-13-7-14(10-15)11-16(18)9-13/h1-4,13-16,18H,5-11H2,(H2,21,22,23). The first kappa shape index (κ1) is 15.7. The molecule has 0 amide bonds. The Bertz CT molecular complexity index is 543. The molecule has 2 nitrogen and oxygen atoms in total. The smallest absolute Gasteiger partial charge is 0.166 e. The van der Waals surface area contributed by atoms with Crippen molar-refractivity contribution in [3.63, 3.8) is 0 Å². The Kier molecular flexibility index (Phi) is 4.51. The third-order valence-corrected chi connectivity index (χ3v) is 6.65. The Hall–Kier alpha value is -0.800. The minimum absolute atomic E-state index is 0.623. The van der Waals surface area contributed by atoms with E-state index in [9.17, 15) is 0 Å². The van der Waals surface area contributed by atoms with Crippen molar-refractivity contribution in [1.82, 2.24) is 10.6 Å². The molecular weight excluding hydrogens is 324 g/mol. The quantitative estimate of drug-likeness (QED) is 0.798. The lowest BCUT2D eigenvalue weighted by Gasteiger charge is -2.54. The molecule has 23 heavy (non-hydrogen) atoms. The van der Waals surface area contributed by atoms with Crippen LogP contribution in [0.15, 0.2) is 24.3 Å². The van der Waals surface area contributed by atoms with Gasteiger partial charge in [-0.25, -0.2) is 0 Å². The van der Waals surface area contributed by atoms with Gasteiger partial charge in [0.1, 0.15) is 0 Å². The molecule has 4 saturated carbocycles. The van der Waals surface area contributed by atoms with E-state index in [0.29, 0.717) is 6.04 Å². The van der Waals surface area contributed by atoms with Gasteiger partial charge in [-0.05, 0) is 92.1 Å². The molecule has 4 aliphatic carbocycles. The van der Waals surface area contributed by atoms with Gasteiger partial charge in [-0.2, -0.15) is 0 Å². The molecule has 0 saturated heterocycles. The maximum absolute atomic E-state index is 5.92. The van der Waals surface area contributed by atoms with Gasteiger partial charge in [-0.15, -0.1) is 0 Å². The van der Waals surface area contributed by atoms with Gasteiger partial charge < -0.3 is 10.6 Å². The zero-order chi connectivity index (χ0) is 15.8. The zero-order valence-electron chi connectivity index (χ0n) is 13.4. The summed E-state index contributed by atoms with van der Waals surface area (Å²) >= 11 is 11.5. The van der Waals surface area contributed by atoms with Gasteiger partial charge in [0.25, 0.3) is 0 Å². The van der Waals surface area contributed by atoms with Gasteiger partial charge >= 0.3 is 0 Å². The molecule has 4 heteroatoms. The fourth-order valence-electron chi connectivity index (χ4n) is 5.33. The van der Waals surface area contributed by atoms with E-state index in [4.69, 9.17) is 23.8 Å². The number of rotatable bonds is 4. The van der Waals surface area contributed by atoms with Gasteiger partial charge in [-0.3, -0.25) is 0 Å². The third-order valence-electron chi connectivity index (χ3n) is 6.14. The normalized spacial score (nSPS) is 34.4. The number of benzene rings is 1. The summed E-state index contributed by atoms with van der Waals surface area (Å²) in [5.74, 6) is 3.76. The van der Waals surface area contributed by atoms with Gasteiger partial charge in [0.2, 0.25) is 0 Å². The molecule has 4 fully saturated rings. The fraction of sp³-hybridized carbons (Fsp3) is 0.632. The van der Waals surface area contributed by atoms with Crippen molar-refractivity contribution in [2.75, 3.05) is 6.54 Å². The molecule has 0 heterocycles. The molecule has 2 N–H and O–H groups in total. The van der Waals surface area contributed by atoms with Crippen LogP contribution in [0, 0.1) is 23.7 Å². The summed E-state index contributed by atoms with van der Waals surface area (Å²) in [6.45, 7) is 0.876. The summed E-state index contributed by atoms with van der Waals surface area (Å²) in [4.78, 5) is 0. The molecule has 0 radical (unpaired) electrons. The van der Waals surface area contributed by atoms with E-state index in [0.717, 1.165) is 46.8 Å². The van der Waals surface area contributed by atoms with Crippen LogP contribution in [0.5, 0.6) is 0 Å². The predicted octanol–water partition coefficient (Wildman–Crippen LogP) is 4.17. The number of thiocarbonyl (C=S) groups is 1. The van der Waals surface area contributed by atoms with Crippen LogP contribution in [-0.4, -0.2) is 17.7 Å². The van der Waals surface area contributed by atoms with E-state index in [-0.39, 0.29) is 0 Å². The highest BCUT2D eigenvalue weighted by Crippen LogP contribution is 2.53. The van der Waals surface area contributed by atoms with Crippen LogP contribution in [0.1, 0.15) is 37.7 Å². The topological polar surface area (TPSA) is 24.1 Å². The molecule has 0 unspecified atom stereocenters. The Morgan fingerprint density at radius 1 is 1.00 bits per heavy atom. The Balaban J connectivity index is 1.25. The fourth-order valence-corrected chi connectivity index (χ4v) is 5.70. The van der Waals surface area contributed by atoms with Gasteiger partial charge in [0.15, 0.2) is 5.11 Å². The molecule has 0 aromatic heterocycles. The summed E-state index contributed by atoms with van der Waals surface area (Å²) in [7, 11) is 0. The van der Waals surface area contributed by atoms with Gasteiger partial charge in [0, 0.05) is 17.6 Å². The minimum atomic E-state index is 0.623. The van der Waals surface area contributed by atoms with Crippen LogP contribution < -0.4 is 10.6 Å². The summed E-state index contributed by atoms with van der Waals surface area (Å²) in [5, 5.41) is 8.69. The Morgan fingerprint density at radius 2 is 1.61 bits per heavy atom. The number of halogens is 1. The zero-order valence-corrected chi connectivity index (χ0v) is 15.0. The van der Waals surface area contributed by atoms with E-state index in [1.54, 1.807) is 0 Å². The van der Waals surface area contributed by atoms with Crippen LogP contribution in [0.25, 0.3) is 0 Å². The van der Waals surface area contributed by atoms with Crippen molar-refractivity contribution < 1.29 is 0 Å². The lowest BCUT2D eigenvalue weighted by Crippen LogP contribution is -2.57. The summed E-state index contributed by atoms with van der Waals surface area (Å²) in [5.41, 5.74) is 1.29. The van der Waals surface area contributed by atoms with Crippen molar-refractivity contribution in [2.45, 2.75) is 44.6 Å². The molecule has 1 aromatic carbocycles. The summed E-state index contributed by atoms with van der Waals surface area (Å²) in [6, 6.07) is 8.68. The van der Waals surface area contributed by atoms with Crippen molar-refractivity contribution in [2.24, 2.45) is 23.7 Å².